The number of halogens is 3. The van der Waals surface area contributed by atoms with E-state index in [0.717, 1.165) is 24.3 Å². The number of amides is 5. The second-order valence-electron chi connectivity index (χ2n) is 12.9. The lowest BCUT2D eigenvalue weighted by Crippen LogP contribution is -2.50. The normalized spacial score (nSPS) is 16.4. The van der Waals surface area contributed by atoms with Crippen molar-refractivity contribution in [3.05, 3.63) is 77.9 Å². The third-order valence-electron chi connectivity index (χ3n) is 8.77. The van der Waals surface area contributed by atoms with E-state index in [-0.39, 0.29) is 73.0 Å². The van der Waals surface area contributed by atoms with Crippen molar-refractivity contribution in [1.29, 1.82) is 0 Å². The summed E-state index contributed by atoms with van der Waals surface area (Å²) < 4.78 is 45.4. The molecular weight excluding hydrogens is 681 g/mol. The summed E-state index contributed by atoms with van der Waals surface area (Å²) in [5, 5.41) is 18.2. The minimum Gasteiger partial charge on any atom is -0.485 e. The number of nitrogens with two attached hydrogens (primary N) is 1. The topological polar surface area (TPSA) is 166 Å². The molecule has 5 amide bonds. The van der Waals surface area contributed by atoms with Crippen LogP contribution in [0.2, 0.25) is 0 Å². The minimum absolute atomic E-state index is 0.00926. The zero-order chi connectivity index (χ0) is 38.0. The van der Waals surface area contributed by atoms with Crippen LogP contribution in [0.5, 0.6) is 5.75 Å². The summed E-state index contributed by atoms with van der Waals surface area (Å²) >= 11 is 0. The molecule has 0 saturated carbocycles. The number of unbranched alkanes of at least 4 members (excludes halogenated alkanes) is 2. The van der Waals surface area contributed by atoms with Gasteiger partial charge in [0.05, 0.1) is 47.4 Å². The predicted octanol–water partition coefficient (Wildman–Crippen LogP) is 6.20. The molecule has 1 heterocycles. The lowest BCUT2D eigenvalue weighted by Gasteiger charge is -2.38. The third-order valence-corrected chi connectivity index (χ3v) is 8.77. The van der Waals surface area contributed by atoms with Gasteiger partial charge < -0.3 is 41.3 Å². The fraction of sp³-hybridized carbons (Fsp3) is 0.405. The number of alkyl halides is 3. The van der Waals surface area contributed by atoms with Crippen LogP contribution in [0.3, 0.4) is 0 Å². The SMILES string of the molecule is C[C@H](CO)N1C[C@H](C)[C@H](CN(C)C(=O)Nc2ccc(C(F)(F)F)cc2)Oc2c(NC(=O)CCCCCC(=O)Nc3ccccc3N)cccc2C1=O. The Kier molecular flexibility index (Phi) is 13.5. The molecule has 0 aromatic heterocycles. The van der Waals surface area contributed by atoms with Gasteiger partial charge in [0.25, 0.3) is 5.91 Å². The lowest BCUT2D eigenvalue weighted by atomic mass is 9.99. The zero-order valence-electron chi connectivity index (χ0n) is 29.3. The van der Waals surface area contributed by atoms with Crippen molar-refractivity contribution in [3.63, 3.8) is 0 Å². The summed E-state index contributed by atoms with van der Waals surface area (Å²) in [6, 6.07) is 14.7. The number of nitrogens with zero attached hydrogens (tertiary/aromatic N) is 2. The summed E-state index contributed by atoms with van der Waals surface area (Å²) in [6.45, 7) is 3.44. The summed E-state index contributed by atoms with van der Waals surface area (Å²) in [7, 11) is 1.50. The number of urea groups is 1. The van der Waals surface area contributed by atoms with Crippen molar-refractivity contribution >= 4 is 46.5 Å². The number of carbonyl (C=O) groups excluding carboxylic acids is 4. The summed E-state index contributed by atoms with van der Waals surface area (Å²) in [5.41, 5.74) is 6.63. The third kappa shape index (κ3) is 10.6. The van der Waals surface area contributed by atoms with Crippen LogP contribution in [0.25, 0.3) is 0 Å². The Labute approximate surface area is 300 Å². The molecule has 3 aromatic carbocycles. The molecule has 0 aliphatic carbocycles. The highest BCUT2D eigenvalue weighted by Gasteiger charge is 2.35. The average molecular weight is 727 g/mol. The molecule has 0 fully saturated rings. The molecule has 12 nitrogen and oxygen atoms in total. The van der Waals surface area contributed by atoms with Gasteiger partial charge in [-0.1, -0.05) is 31.5 Å². The van der Waals surface area contributed by atoms with Crippen molar-refractivity contribution in [2.24, 2.45) is 5.92 Å². The Morgan fingerprint density at radius 3 is 2.17 bits per heavy atom. The van der Waals surface area contributed by atoms with E-state index in [9.17, 15) is 37.5 Å². The first-order valence-electron chi connectivity index (χ1n) is 17.0. The number of ether oxygens (including phenoxy) is 1. The molecule has 1 aliphatic heterocycles. The van der Waals surface area contributed by atoms with Gasteiger partial charge in [-0.15, -0.1) is 0 Å². The summed E-state index contributed by atoms with van der Waals surface area (Å²) in [5.74, 6) is -1.16. The second-order valence-corrected chi connectivity index (χ2v) is 12.9. The molecule has 280 valence electrons. The van der Waals surface area contributed by atoms with E-state index in [1.807, 2.05) is 6.92 Å². The molecule has 0 unspecified atom stereocenters. The summed E-state index contributed by atoms with van der Waals surface area (Å²) in [4.78, 5) is 55.1. The Morgan fingerprint density at radius 2 is 1.56 bits per heavy atom. The van der Waals surface area contributed by atoms with Gasteiger partial charge in [0.1, 0.15) is 6.10 Å². The van der Waals surface area contributed by atoms with E-state index >= 15 is 0 Å². The number of hydrogen-bond donors (Lipinski definition) is 5. The highest BCUT2D eigenvalue weighted by molar-refractivity contribution is 6.01. The van der Waals surface area contributed by atoms with Crippen LogP contribution in [0.1, 0.15) is 61.9 Å². The average Bonchev–Trinajstić information content (AvgIpc) is 3.10. The number of rotatable bonds is 13. The first-order chi connectivity index (χ1) is 24.7. The number of fused-ring (bicyclic) bond motifs is 1. The van der Waals surface area contributed by atoms with Crippen molar-refractivity contribution in [1.82, 2.24) is 9.80 Å². The lowest BCUT2D eigenvalue weighted by molar-refractivity contribution is -0.137. The molecular formula is C37H45F3N6O6. The number of para-hydroxylation sites is 3. The van der Waals surface area contributed by atoms with Gasteiger partial charge in [0.2, 0.25) is 11.8 Å². The fourth-order valence-corrected chi connectivity index (χ4v) is 5.66. The Bertz CT molecular complexity index is 1720. The molecule has 0 bridgehead atoms. The quantitative estimate of drug-likeness (QED) is 0.103. The number of aliphatic hydroxyl groups is 1. The second kappa shape index (κ2) is 17.8. The first kappa shape index (κ1) is 39.5. The molecule has 4 rings (SSSR count). The van der Waals surface area contributed by atoms with Gasteiger partial charge in [-0.25, -0.2) is 4.79 Å². The minimum atomic E-state index is -4.51. The molecule has 3 atom stereocenters. The molecule has 1 aliphatic rings. The number of benzene rings is 3. The van der Waals surface area contributed by atoms with Crippen LogP contribution < -0.4 is 26.4 Å². The van der Waals surface area contributed by atoms with Crippen molar-refractivity contribution in [2.75, 3.05) is 48.4 Å². The maximum atomic E-state index is 13.8. The maximum Gasteiger partial charge on any atom is 0.416 e. The monoisotopic (exact) mass is 726 g/mol. The first-order valence-corrected chi connectivity index (χ1v) is 17.0. The number of carbonyl (C=O) groups is 4. The standard InChI is InChI=1S/C37H45F3N6O6/c1-23-20-46(24(2)22-47)35(50)27-10-9-13-30(44-33(49)15-6-4-5-14-32(48)43-29-12-8-7-11-28(29)41)34(27)52-31(23)21-45(3)36(51)42-26-18-16-25(17-19-26)37(38,39)40/h7-13,16-19,23-24,31,47H,4-6,14-15,20-22,41H2,1-3H3,(H,42,51)(H,43,48)(H,44,49)/t23-,24+,31-/m0/s1. The number of likely N-dealkylation sites (N-methyl/N-ethyl adjacent to an activating group) is 1. The van der Waals surface area contributed by atoms with E-state index in [4.69, 9.17) is 10.5 Å². The van der Waals surface area contributed by atoms with Gasteiger partial charge in [0, 0.05) is 38.0 Å². The fourth-order valence-electron chi connectivity index (χ4n) is 5.66. The Balaban J connectivity index is 1.42. The zero-order valence-corrected chi connectivity index (χ0v) is 29.3. The van der Waals surface area contributed by atoms with Crippen LogP contribution in [0, 0.1) is 5.92 Å². The van der Waals surface area contributed by atoms with E-state index < -0.39 is 35.8 Å². The van der Waals surface area contributed by atoms with Gasteiger partial charge in [-0.2, -0.15) is 13.2 Å². The van der Waals surface area contributed by atoms with Gasteiger partial charge in [-0.3, -0.25) is 14.4 Å². The number of anilines is 4. The van der Waals surface area contributed by atoms with Crippen LogP contribution in [0.4, 0.5) is 40.7 Å². The highest BCUT2D eigenvalue weighted by Crippen LogP contribution is 2.35. The van der Waals surface area contributed by atoms with Crippen LogP contribution in [0.15, 0.2) is 66.7 Å². The van der Waals surface area contributed by atoms with Crippen LogP contribution in [-0.4, -0.2) is 77.5 Å². The van der Waals surface area contributed by atoms with Gasteiger partial charge in [0.15, 0.2) is 5.75 Å². The largest absolute Gasteiger partial charge is 0.485 e. The number of nitrogens with one attached hydrogen (secondary N) is 3. The Morgan fingerprint density at radius 1 is 0.942 bits per heavy atom. The van der Waals surface area contributed by atoms with Crippen molar-refractivity contribution < 1.29 is 42.2 Å². The van der Waals surface area contributed by atoms with E-state index in [0.29, 0.717) is 30.6 Å². The molecule has 3 aromatic rings. The van der Waals surface area contributed by atoms with E-state index in [2.05, 4.69) is 16.0 Å². The molecule has 6 N–H and O–H groups in total. The smallest absolute Gasteiger partial charge is 0.416 e. The van der Waals surface area contributed by atoms with E-state index in [1.54, 1.807) is 49.4 Å². The van der Waals surface area contributed by atoms with Crippen molar-refractivity contribution in [2.45, 2.75) is 64.3 Å². The highest BCUT2D eigenvalue weighted by atomic mass is 19.4. The molecule has 0 radical (unpaired) electrons. The van der Waals surface area contributed by atoms with Crippen LogP contribution >= 0.6 is 0 Å². The molecule has 0 spiro atoms. The predicted molar refractivity (Wildman–Crippen MR) is 192 cm³/mol. The summed E-state index contributed by atoms with van der Waals surface area (Å²) in [6.07, 6.45) is -3.14. The number of hydrogen-bond acceptors (Lipinski definition) is 7. The Hall–Kier alpha value is -5.31. The van der Waals surface area contributed by atoms with Crippen LogP contribution in [-0.2, 0) is 15.8 Å². The maximum absolute atomic E-state index is 13.8. The molecule has 15 heteroatoms. The molecule has 52 heavy (non-hydrogen) atoms. The van der Waals surface area contributed by atoms with Gasteiger partial charge in [-0.05, 0) is 68.3 Å². The number of nitrogen functional groups attached to an aromatic ring is 1. The molecule has 0 saturated heterocycles. The number of aliphatic hydroxyl groups excluding tert-OH is 1. The van der Waals surface area contributed by atoms with Crippen molar-refractivity contribution in [3.8, 4) is 5.75 Å². The van der Waals surface area contributed by atoms with E-state index in [1.165, 1.54) is 16.8 Å². The van der Waals surface area contributed by atoms with Gasteiger partial charge >= 0.3 is 12.2 Å².